The molecule has 0 fully saturated rings. The molecule has 5 atom stereocenters. The molecule has 192 valence electrons. The number of carboxylic acid groups (broad SMARTS) is 4. The third kappa shape index (κ3) is 12.6. The van der Waals surface area contributed by atoms with Gasteiger partial charge in [0.2, 0.25) is 0 Å². The van der Waals surface area contributed by atoms with E-state index in [4.69, 9.17) is 5.11 Å². The Bertz CT molecular complexity index is 603. The van der Waals surface area contributed by atoms with Gasteiger partial charge in [0.05, 0.1) is 24.7 Å². The third-order valence-corrected chi connectivity index (χ3v) is 6.86. The molecule has 0 aromatic heterocycles. The van der Waals surface area contributed by atoms with Gasteiger partial charge >= 0.3 is 23.9 Å². The van der Waals surface area contributed by atoms with Crippen LogP contribution in [-0.4, -0.2) is 44.3 Å². The van der Waals surface area contributed by atoms with Crippen LogP contribution in [0.1, 0.15) is 104 Å². The summed E-state index contributed by atoms with van der Waals surface area (Å²) in [4.78, 5) is 46.2. The van der Waals surface area contributed by atoms with Gasteiger partial charge in [-0.2, -0.15) is 0 Å². The second-order valence-corrected chi connectivity index (χ2v) is 9.25. The van der Waals surface area contributed by atoms with Crippen molar-refractivity contribution in [1.82, 2.24) is 0 Å². The summed E-state index contributed by atoms with van der Waals surface area (Å²) in [5.41, 5.74) is 0. The molecule has 0 radical (unpaired) electrons. The summed E-state index contributed by atoms with van der Waals surface area (Å²) >= 11 is 0. The van der Waals surface area contributed by atoms with Crippen LogP contribution in [0.15, 0.2) is 0 Å². The van der Waals surface area contributed by atoms with Crippen LogP contribution >= 0.6 is 0 Å². The van der Waals surface area contributed by atoms with E-state index in [-0.39, 0.29) is 17.8 Å². The predicted molar refractivity (Wildman–Crippen MR) is 125 cm³/mol. The minimum Gasteiger partial charge on any atom is -0.481 e. The van der Waals surface area contributed by atoms with Gasteiger partial charge in [-0.25, -0.2) is 0 Å². The maximum absolute atomic E-state index is 11.9. The van der Waals surface area contributed by atoms with Crippen molar-refractivity contribution in [3.8, 4) is 0 Å². The minimum atomic E-state index is -1.12. The monoisotopic (exact) mass is 472 g/mol. The van der Waals surface area contributed by atoms with Crippen molar-refractivity contribution in [1.29, 1.82) is 0 Å². The molecule has 33 heavy (non-hydrogen) atoms. The van der Waals surface area contributed by atoms with Gasteiger partial charge in [-0.05, 0) is 37.0 Å². The molecular weight excluding hydrogens is 428 g/mol. The summed E-state index contributed by atoms with van der Waals surface area (Å²) in [7, 11) is 0. The lowest BCUT2D eigenvalue weighted by atomic mass is 9.73. The lowest BCUT2D eigenvalue weighted by Gasteiger charge is -2.31. The van der Waals surface area contributed by atoms with Crippen molar-refractivity contribution in [2.24, 2.45) is 29.6 Å². The van der Waals surface area contributed by atoms with Crippen LogP contribution in [0.5, 0.6) is 0 Å². The summed E-state index contributed by atoms with van der Waals surface area (Å²) < 4.78 is 0. The topological polar surface area (TPSA) is 149 Å². The van der Waals surface area contributed by atoms with Gasteiger partial charge in [0.15, 0.2) is 0 Å². The van der Waals surface area contributed by atoms with E-state index in [2.05, 4.69) is 6.92 Å². The van der Waals surface area contributed by atoms with Crippen LogP contribution in [0, 0.1) is 29.6 Å². The number of rotatable bonds is 21. The molecular formula is C25H44O8. The van der Waals surface area contributed by atoms with Crippen LogP contribution < -0.4 is 0 Å². The minimum absolute atomic E-state index is 0.0249. The predicted octanol–water partition coefficient (Wildman–Crippen LogP) is 5.54. The van der Waals surface area contributed by atoms with Crippen LogP contribution in [0.4, 0.5) is 0 Å². The van der Waals surface area contributed by atoms with Crippen molar-refractivity contribution < 1.29 is 39.6 Å². The Hall–Kier alpha value is -2.12. The number of aliphatic carboxylic acids is 4. The van der Waals surface area contributed by atoms with Crippen LogP contribution in [0.25, 0.3) is 0 Å². The van der Waals surface area contributed by atoms with E-state index in [1.807, 2.05) is 13.8 Å². The fourth-order valence-electron chi connectivity index (χ4n) is 5.03. The number of carboxylic acids is 4. The van der Waals surface area contributed by atoms with E-state index in [1.54, 1.807) is 0 Å². The van der Waals surface area contributed by atoms with Gasteiger partial charge in [0, 0.05) is 0 Å². The van der Waals surface area contributed by atoms with Gasteiger partial charge in [0.1, 0.15) is 0 Å². The molecule has 0 saturated heterocycles. The molecule has 0 rings (SSSR count). The maximum atomic E-state index is 11.9. The van der Waals surface area contributed by atoms with E-state index < -0.39 is 48.6 Å². The smallest absolute Gasteiger partial charge is 0.307 e. The van der Waals surface area contributed by atoms with Crippen molar-refractivity contribution in [2.45, 2.75) is 104 Å². The molecule has 0 heterocycles. The second kappa shape index (κ2) is 17.4. The fraction of sp³-hybridized carbons (Fsp3) is 0.840. The summed E-state index contributed by atoms with van der Waals surface area (Å²) in [5.74, 6) is -6.76. The number of hydrogen-bond acceptors (Lipinski definition) is 4. The highest BCUT2D eigenvalue weighted by Crippen LogP contribution is 2.36. The maximum Gasteiger partial charge on any atom is 0.307 e. The molecule has 5 unspecified atom stereocenters. The molecule has 0 bridgehead atoms. The molecule has 0 aromatic carbocycles. The lowest BCUT2D eigenvalue weighted by molar-refractivity contribution is -0.151. The van der Waals surface area contributed by atoms with E-state index in [0.29, 0.717) is 32.1 Å². The Balaban J connectivity index is 5.45. The number of unbranched alkanes of at least 4 members (excludes halogenated alkanes) is 3. The molecule has 0 spiro atoms. The highest BCUT2D eigenvalue weighted by atomic mass is 16.4. The Morgan fingerprint density at radius 2 is 1.06 bits per heavy atom. The first-order valence-electron chi connectivity index (χ1n) is 12.5. The fourth-order valence-corrected chi connectivity index (χ4v) is 5.03. The molecule has 4 N–H and O–H groups in total. The molecule has 8 heteroatoms. The normalized spacial score (nSPS) is 15.8. The standard InChI is InChI=1S/C25H44O8/c1-4-7-9-14-19(21(25(32)33)16-23(28)29)17(6-3)12-10-13-18(11-8-5-2)20(24(30)31)15-22(26)27/h17-21H,4-16H2,1-3H3,(H,26,27)(H,28,29)(H,30,31)(H,32,33). The average Bonchev–Trinajstić information content (AvgIpc) is 2.73. The molecule has 0 aliphatic rings. The number of carbonyl (C=O) groups is 4. The summed E-state index contributed by atoms with van der Waals surface area (Å²) in [5, 5.41) is 37.7. The van der Waals surface area contributed by atoms with E-state index >= 15 is 0 Å². The van der Waals surface area contributed by atoms with Gasteiger partial charge < -0.3 is 20.4 Å². The molecule has 0 aromatic rings. The van der Waals surface area contributed by atoms with Crippen LogP contribution in [-0.2, 0) is 19.2 Å². The SMILES string of the molecule is CCCCCC(C(CC)CCCC(CCCC)C(CC(=O)O)C(=O)O)C(CC(=O)O)C(=O)O. The molecule has 0 aliphatic heterocycles. The van der Waals surface area contributed by atoms with Gasteiger partial charge in [-0.1, -0.05) is 72.1 Å². The first-order chi connectivity index (χ1) is 15.6. The first-order valence-corrected chi connectivity index (χ1v) is 12.5. The first kappa shape index (κ1) is 30.9. The zero-order valence-electron chi connectivity index (χ0n) is 20.5. The van der Waals surface area contributed by atoms with E-state index in [9.17, 15) is 34.5 Å². The van der Waals surface area contributed by atoms with Crippen molar-refractivity contribution >= 4 is 23.9 Å². The molecule has 0 saturated carbocycles. The zero-order chi connectivity index (χ0) is 25.4. The summed E-state index contributed by atoms with van der Waals surface area (Å²) in [6.07, 6.45) is 7.64. The zero-order valence-corrected chi connectivity index (χ0v) is 20.5. The lowest BCUT2D eigenvalue weighted by Crippen LogP contribution is -2.32. The summed E-state index contributed by atoms with van der Waals surface area (Å²) in [6.45, 7) is 6.05. The molecule has 0 amide bonds. The van der Waals surface area contributed by atoms with Gasteiger partial charge in [0.25, 0.3) is 0 Å². The van der Waals surface area contributed by atoms with Crippen molar-refractivity contribution in [3.63, 3.8) is 0 Å². The highest BCUT2D eigenvalue weighted by Gasteiger charge is 2.35. The quantitative estimate of drug-likeness (QED) is 0.159. The Kier molecular flexibility index (Phi) is 16.3. The van der Waals surface area contributed by atoms with Crippen LogP contribution in [0.3, 0.4) is 0 Å². The second-order valence-electron chi connectivity index (χ2n) is 9.25. The van der Waals surface area contributed by atoms with Crippen LogP contribution in [0.2, 0.25) is 0 Å². The summed E-state index contributed by atoms with van der Waals surface area (Å²) in [6, 6.07) is 0. The highest BCUT2D eigenvalue weighted by molar-refractivity contribution is 5.78. The largest absolute Gasteiger partial charge is 0.481 e. The third-order valence-electron chi connectivity index (χ3n) is 6.86. The Labute approximate surface area is 197 Å². The van der Waals surface area contributed by atoms with E-state index in [0.717, 1.165) is 38.5 Å². The van der Waals surface area contributed by atoms with E-state index in [1.165, 1.54) is 0 Å². The Morgan fingerprint density at radius 3 is 1.52 bits per heavy atom. The van der Waals surface area contributed by atoms with Gasteiger partial charge in [-0.3, -0.25) is 19.2 Å². The van der Waals surface area contributed by atoms with Gasteiger partial charge in [-0.15, -0.1) is 0 Å². The molecule has 0 aliphatic carbocycles. The number of hydrogen-bond donors (Lipinski definition) is 4. The van der Waals surface area contributed by atoms with Crippen molar-refractivity contribution in [3.05, 3.63) is 0 Å². The average molecular weight is 473 g/mol. The van der Waals surface area contributed by atoms with Crippen molar-refractivity contribution in [2.75, 3.05) is 0 Å². The Morgan fingerprint density at radius 1 is 0.576 bits per heavy atom. The molecule has 8 nitrogen and oxygen atoms in total.